The zero-order chi connectivity index (χ0) is 15.3. The van der Waals surface area contributed by atoms with E-state index in [1.54, 1.807) is 13.2 Å². The second-order valence-corrected chi connectivity index (χ2v) is 4.72. The molecule has 1 aromatic carbocycles. The lowest BCUT2D eigenvalue weighted by molar-refractivity contribution is -0.174. The summed E-state index contributed by atoms with van der Waals surface area (Å²) in [6.07, 6.45) is -2.13. The first-order valence-electron chi connectivity index (χ1n) is 6.66. The number of aromatic nitrogens is 1. The quantitative estimate of drug-likeness (QED) is 0.829. The lowest BCUT2D eigenvalue weighted by atomic mass is 10.0. The van der Waals surface area contributed by atoms with Crippen molar-refractivity contribution in [1.29, 1.82) is 0 Å². The molecule has 0 aliphatic carbocycles. The molecule has 0 amide bonds. The number of ether oxygens (including phenoxy) is 1. The third kappa shape index (κ3) is 4.41. The van der Waals surface area contributed by atoms with E-state index in [1.807, 2.05) is 30.3 Å². The number of rotatable bonds is 6. The number of alkyl halides is 3. The Morgan fingerprint density at radius 2 is 2.00 bits per heavy atom. The Labute approximate surface area is 121 Å². The zero-order valence-corrected chi connectivity index (χ0v) is 11.7. The van der Waals surface area contributed by atoms with E-state index in [0.29, 0.717) is 6.42 Å². The molecule has 2 aromatic rings. The van der Waals surface area contributed by atoms with Gasteiger partial charge in [0.05, 0.1) is 5.52 Å². The van der Waals surface area contributed by atoms with Gasteiger partial charge in [-0.1, -0.05) is 24.3 Å². The van der Waals surface area contributed by atoms with Gasteiger partial charge in [-0.2, -0.15) is 13.2 Å². The highest BCUT2D eigenvalue weighted by atomic mass is 19.4. The van der Waals surface area contributed by atoms with Crippen molar-refractivity contribution >= 4 is 10.9 Å². The summed E-state index contributed by atoms with van der Waals surface area (Å²) in [5, 5.41) is 4.11. The molecule has 21 heavy (non-hydrogen) atoms. The zero-order valence-electron chi connectivity index (χ0n) is 11.7. The Kier molecular flexibility index (Phi) is 5.14. The molecule has 0 aliphatic heterocycles. The van der Waals surface area contributed by atoms with Crippen LogP contribution in [0.4, 0.5) is 13.2 Å². The Morgan fingerprint density at radius 1 is 1.24 bits per heavy atom. The topological polar surface area (TPSA) is 34.1 Å². The van der Waals surface area contributed by atoms with E-state index in [-0.39, 0.29) is 12.6 Å². The van der Waals surface area contributed by atoms with Crippen LogP contribution in [0, 0.1) is 0 Å². The van der Waals surface area contributed by atoms with Gasteiger partial charge in [0.15, 0.2) is 0 Å². The number of pyridine rings is 1. The number of nitrogens with one attached hydrogen (secondary N) is 1. The molecule has 1 unspecified atom stereocenters. The molecule has 6 heteroatoms. The summed E-state index contributed by atoms with van der Waals surface area (Å²) in [5.41, 5.74) is 1.82. The largest absolute Gasteiger partial charge is 0.411 e. The Morgan fingerprint density at radius 3 is 2.71 bits per heavy atom. The van der Waals surface area contributed by atoms with Crippen LogP contribution in [0.2, 0.25) is 0 Å². The maximum Gasteiger partial charge on any atom is 0.411 e. The van der Waals surface area contributed by atoms with Crippen molar-refractivity contribution in [1.82, 2.24) is 10.3 Å². The molecule has 0 spiro atoms. The van der Waals surface area contributed by atoms with Crippen molar-refractivity contribution in [3.63, 3.8) is 0 Å². The number of benzene rings is 1. The van der Waals surface area contributed by atoms with Crippen LogP contribution in [0.25, 0.3) is 10.9 Å². The molecule has 1 heterocycles. The fourth-order valence-electron chi connectivity index (χ4n) is 2.25. The van der Waals surface area contributed by atoms with E-state index in [4.69, 9.17) is 0 Å². The Bertz CT molecular complexity index is 581. The van der Waals surface area contributed by atoms with Crippen LogP contribution in [0.5, 0.6) is 0 Å². The Balaban J connectivity index is 2.06. The normalized spacial score (nSPS) is 13.5. The van der Waals surface area contributed by atoms with Gasteiger partial charge in [-0.15, -0.1) is 0 Å². The van der Waals surface area contributed by atoms with Crippen molar-refractivity contribution < 1.29 is 17.9 Å². The second kappa shape index (κ2) is 6.87. The molecule has 1 aromatic heterocycles. The highest BCUT2D eigenvalue weighted by molar-refractivity contribution is 5.81. The first kappa shape index (κ1) is 15.7. The molecule has 3 nitrogen and oxygen atoms in total. The molecular weight excluding hydrogens is 281 g/mol. The maximum absolute atomic E-state index is 12.0. The fourth-order valence-corrected chi connectivity index (χ4v) is 2.25. The van der Waals surface area contributed by atoms with Gasteiger partial charge >= 0.3 is 6.18 Å². The molecule has 0 aliphatic rings. The van der Waals surface area contributed by atoms with Crippen LogP contribution in [0.3, 0.4) is 0 Å². The molecule has 0 bridgehead atoms. The van der Waals surface area contributed by atoms with Gasteiger partial charge in [0.25, 0.3) is 0 Å². The molecule has 1 N–H and O–H groups in total. The average Bonchev–Trinajstić information content (AvgIpc) is 2.46. The van der Waals surface area contributed by atoms with E-state index >= 15 is 0 Å². The number of hydrogen-bond acceptors (Lipinski definition) is 3. The number of nitrogens with zero attached hydrogens (tertiary/aromatic N) is 1. The minimum Gasteiger partial charge on any atom is -0.372 e. The van der Waals surface area contributed by atoms with Crippen molar-refractivity contribution in [2.24, 2.45) is 0 Å². The van der Waals surface area contributed by atoms with Crippen LogP contribution in [-0.4, -0.2) is 31.4 Å². The van der Waals surface area contributed by atoms with Crippen LogP contribution < -0.4 is 5.32 Å². The van der Waals surface area contributed by atoms with E-state index in [2.05, 4.69) is 15.0 Å². The SMILES string of the molecule is CNC(CCOCC(F)(F)F)c1cccc2cccnc12. The summed E-state index contributed by atoms with van der Waals surface area (Å²) >= 11 is 0. The van der Waals surface area contributed by atoms with Crippen LogP contribution >= 0.6 is 0 Å². The van der Waals surface area contributed by atoms with Crippen LogP contribution in [0.15, 0.2) is 36.5 Å². The summed E-state index contributed by atoms with van der Waals surface area (Å²) in [6, 6.07) is 9.52. The number of halogens is 3. The van der Waals surface area contributed by atoms with E-state index in [1.165, 1.54) is 0 Å². The third-order valence-electron chi connectivity index (χ3n) is 3.20. The monoisotopic (exact) mass is 298 g/mol. The minimum absolute atomic E-state index is 0.0360. The molecule has 2 rings (SSSR count). The first-order chi connectivity index (χ1) is 10.0. The Hall–Kier alpha value is -1.66. The lowest BCUT2D eigenvalue weighted by Crippen LogP contribution is -2.22. The van der Waals surface area contributed by atoms with Gasteiger partial charge in [0.2, 0.25) is 0 Å². The number of fused-ring (bicyclic) bond motifs is 1. The van der Waals surface area contributed by atoms with Crippen molar-refractivity contribution in [3.05, 3.63) is 42.1 Å². The molecule has 0 saturated carbocycles. The van der Waals surface area contributed by atoms with Gasteiger partial charge in [0.1, 0.15) is 6.61 Å². The summed E-state index contributed by atoms with van der Waals surface area (Å²) in [4.78, 5) is 4.36. The summed E-state index contributed by atoms with van der Waals surface area (Å²) in [5.74, 6) is 0. The average molecular weight is 298 g/mol. The summed E-state index contributed by atoms with van der Waals surface area (Å²) in [7, 11) is 1.77. The van der Waals surface area contributed by atoms with E-state index in [9.17, 15) is 13.2 Å². The second-order valence-electron chi connectivity index (χ2n) is 4.72. The van der Waals surface area contributed by atoms with Crippen molar-refractivity contribution in [2.75, 3.05) is 20.3 Å². The smallest absolute Gasteiger partial charge is 0.372 e. The highest BCUT2D eigenvalue weighted by Gasteiger charge is 2.27. The number of hydrogen-bond donors (Lipinski definition) is 1. The minimum atomic E-state index is -4.28. The predicted molar refractivity (Wildman–Crippen MR) is 75.0 cm³/mol. The van der Waals surface area contributed by atoms with Gasteiger partial charge in [-0.3, -0.25) is 4.98 Å². The molecule has 1 atom stereocenters. The van der Waals surface area contributed by atoms with Gasteiger partial charge in [0, 0.05) is 24.2 Å². The maximum atomic E-state index is 12.0. The van der Waals surface area contributed by atoms with Gasteiger partial charge in [-0.05, 0) is 25.1 Å². The molecule has 0 fully saturated rings. The van der Waals surface area contributed by atoms with Crippen LogP contribution in [0.1, 0.15) is 18.0 Å². The standard InChI is InChI=1S/C15H17F3N2O/c1-19-13(7-9-21-10-15(16,17)18)12-6-2-4-11-5-3-8-20-14(11)12/h2-6,8,13,19H,7,9-10H2,1H3. The van der Waals surface area contributed by atoms with Crippen molar-refractivity contribution in [3.8, 4) is 0 Å². The molecule has 114 valence electrons. The molecule has 0 saturated heterocycles. The van der Waals surface area contributed by atoms with Crippen molar-refractivity contribution in [2.45, 2.75) is 18.6 Å². The first-order valence-corrected chi connectivity index (χ1v) is 6.66. The van der Waals surface area contributed by atoms with E-state index in [0.717, 1.165) is 16.5 Å². The molecular formula is C15H17F3N2O. The van der Waals surface area contributed by atoms with E-state index < -0.39 is 12.8 Å². The highest BCUT2D eigenvalue weighted by Crippen LogP contribution is 2.24. The van der Waals surface area contributed by atoms with Crippen LogP contribution in [-0.2, 0) is 4.74 Å². The van der Waals surface area contributed by atoms with Gasteiger partial charge in [-0.25, -0.2) is 0 Å². The summed E-state index contributed by atoms with van der Waals surface area (Å²) in [6.45, 7) is -1.18. The fraction of sp³-hybridized carbons (Fsp3) is 0.400. The van der Waals surface area contributed by atoms with Gasteiger partial charge < -0.3 is 10.1 Å². The number of para-hydroxylation sites is 1. The molecule has 0 radical (unpaired) electrons. The predicted octanol–water partition coefficient (Wildman–Crippen LogP) is 3.46. The summed E-state index contributed by atoms with van der Waals surface area (Å²) < 4.78 is 40.8. The third-order valence-corrected chi connectivity index (χ3v) is 3.20. The lowest BCUT2D eigenvalue weighted by Gasteiger charge is -2.18.